The summed E-state index contributed by atoms with van der Waals surface area (Å²) in [5.74, 6) is 1.69. The lowest BCUT2D eigenvalue weighted by atomic mass is 10.0. The van der Waals surface area contributed by atoms with Gasteiger partial charge in [-0.25, -0.2) is 0 Å². The standard InChI is InChI=1S/C12H23NO/c1-9-3-4-12(7-9)13-8-11-5-6-14-10(11)2/h9-13H,3-8H2,1-2H3. The van der Waals surface area contributed by atoms with Crippen LogP contribution in [0.5, 0.6) is 0 Å². The Kier molecular flexibility index (Phi) is 3.45. The van der Waals surface area contributed by atoms with Gasteiger partial charge in [-0.3, -0.25) is 0 Å². The van der Waals surface area contributed by atoms with Crippen molar-refractivity contribution in [1.29, 1.82) is 0 Å². The highest BCUT2D eigenvalue weighted by molar-refractivity contribution is 4.81. The molecule has 1 saturated heterocycles. The average molecular weight is 197 g/mol. The molecule has 1 saturated carbocycles. The van der Waals surface area contributed by atoms with Crippen LogP contribution in [0.15, 0.2) is 0 Å². The van der Waals surface area contributed by atoms with Crippen molar-refractivity contribution in [1.82, 2.24) is 5.32 Å². The molecule has 0 bridgehead atoms. The number of hydrogen-bond donors (Lipinski definition) is 1. The van der Waals surface area contributed by atoms with Crippen molar-refractivity contribution in [3.63, 3.8) is 0 Å². The summed E-state index contributed by atoms with van der Waals surface area (Å²) < 4.78 is 5.56. The van der Waals surface area contributed by atoms with Crippen molar-refractivity contribution in [2.75, 3.05) is 13.2 Å². The van der Waals surface area contributed by atoms with Crippen LogP contribution >= 0.6 is 0 Å². The molecule has 14 heavy (non-hydrogen) atoms. The molecule has 1 heterocycles. The Balaban J connectivity index is 1.67. The summed E-state index contributed by atoms with van der Waals surface area (Å²) in [7, 11) is 0. The number of rotatable bonds is 3. The van der Waals surface area contributed by atoms with Crippen molar-refractivity contribution >= 4 is 0 Å². The Morgan fingerprint density at radius 3 is 2.64 bits per heavy atom. The summed E-state index contributed by atoms with van der Waals surface area (Å²) >= 11 is 0. The van der Waals surface area contributed by atoms with Crippen LogP contribution in [0.4, 0.5) is 0 Å². The van der Waals surface area contributed by atoms with Crippen molar-refractivity contribution in [3.8, 4) is 0 Å². The molecule has 1 N–H and O–H groups in total. The third-order valence-electron chi connectivity index (χ3n) is 3.90. The van der Waals surface area contributed by atoms with E-state index in [2.05, 4.69) is 19.2 Å². The van der Waals surface area contributed by atoms with E-state index >= 15 is 0 Å². The lowest BCUT2D eigenvalue weighted by Crippen LogP contribution is -2.33. The van der Waals surface area contributed by atoms with Crippen LogP contribution in [0.3, 0.4) is 0 Å². The van der Waals surface area contributed by atoms with E-state index in [0.29, 0.717) is 6.10 Å². The van der Waals surface area contributed by atoms with Crippen molar-refractivity contribution in [2.24, 2.45) is 11.8 Å². The predicted molar refractivity (Wildman–Crippen MR) is 58.3 cm³/mol. The van der Waals surface area contributed by atoms with E-state index in [9.17, 15) is 0 Å². The summed E-state index contributed by atoms with van der Waals surface area (Å²) in [6.45, 7) is 6.70. The monoisotopic (exact) mass is 197 g/mol. The quantitative estimate of drug-likeness (QED) is 0.749. The Hall–Kier alpha value is -0.0800. The van der Waals surface area contributed by atoms with Crippen LogP contribution in [-0.2, 0) is 4.74 Å². The summed E-state index contributed by atoms with van der Waals surface area (Å²) in [4.78, 5) is 0. The van der Waals surface area contributed by atoms with Crippen LogP contribution < -0.4 is 5.32 Å². The Labute approximate surface area is 87.4 Å². The van der Waals surface area contributed by atoms with Gasteiger partial charge in [0.05, 0.1) is 6.10 Å². The van der Waals surface area contributed by atoms with Gasteiger partial charge in [-0.15, -0.1) is 0 Å². The van der Waals surface area contributed by atoms with Crippen LogP contribution in [0.2, 0.25) is 0 Å². The van der Waals surface area contributed by atoms with Gasteiger partial charge in [-0.05, 0) is 44.4 Å². The minimum Gasteiger partial charge on any atom is -0.378 e. The molecule has 0 aromatic carbocycles. The number of nitrogens with one attached hydrogen (secondary N) is 1. The third kappa shape index (κ3) is 2.48. The highest BCUT2D eigenvalue weighted by atomic mass is 16.5. The van der Waals surface area contributed by atoms with Gasteiger partial charge in [-0.1, -0.05) is 6.92 Å². The fourth-order valence-electron chi connectivity index (χ4n) is 2.75. The zero-order chi connectivity index (χ0) is 9.97. The molecule has 0 aromatic heterocycles. The van der Waals surface area contributed by atoms with Gasteiger partial charge in [0.15, 0.2) is 0 Å². The van der Waals surface area contributed by atoms with Crippen LogP contribution in [0, 0.1) is 11.8 Å². The van der Waals surface area contributed by atoms with E-state index in [1.54, 1.807) is 0 Å². The molecule has 0 radical (unpaired) electrons. The van der Waals surface area contributed by atoms with Crippen molar-refractivity contribution < 1.29 is 4.74 Å². The molecule has 2 aliphatic rings. The third-order valence-corrected chi connectivity index (χ3v) is 3.90. The second-order valence-corrected chi connectivity index (χ2v) is 5.15. The normalized spacial score (nSPS) is 43.3. The predicted octanol–water partition coefficient (Wildman–Crippen LogP) is 2.19. The average Bonchev–Trinajstić information content (AvgIpc) is 2.72. The number of ether oxygens (including phenoxy) is 1. The SMILES string of the molecule is CC1CCC(NCC2CCOC2C)C1. The first kappa shape index (κ1) is 10.4. The highest BCUT2D eigenvalue weighted by Crippen LogP contribution is 2.26. The molecule has 1 aliphatic carbocycles. The molecule has 4 unspecified atom stereocenters. The maximum Gasteiger partial charge on any atom is 0.0588 e. The largest absolute Gasteiger partial charge is 0.378 e. The van der Waals surface area contributed by atoms with E-state index in [1.807, 2.05) is 0 Å². The molecular formula is C12H23NO. The van der Waals surface area contributed by atoms with E-state index in [-0.39, 0.29) is 0 Å². The van der Waals surface area contributed by atoms with E-state index < -0.39 is 0 Å². The molecule has 4 atom stereocenters. The summed E-state index contributed by atoms with van der Waals surface area (Å²) in [6.07, 6.45) is 5.89. The van der Waals surface area contributed by atoms with E-state index in [4.69, 9.17) is 4.74 Å². The summed E-state index contributed by atoms with van der Waals surface area (Å²) in [5.41, 5.74) is 0. The van der Waals surface area contributed by atoms with Crippen LogP contribution in [-0.4, -0.2) is 25.3 Å². The molecule has 0 aromatic rings. The Morgan fingerprint density at radius 2 is 2.07 bits per heavy atom. The van der Waals surface area contributed by atoms with Gasteiger partial charge in [-0.2, -0.15) is 0 Å². The summed E-state index contributed by atoms with van der Waals surface area (Å²) in [6, 6.07) is 0.790. The minimum absolute atomic E-state index is 0.473. The van der Waals surface area contributed by atoms with Crippen LogP contribution in [0.1, 0.15) is 39.5 Å². The lowest BCUT2D eigenvalue weighted by molar-refractivity contribution is 0.105. The summed E-state index contributed by atoms with van der Waals surface area (Å²) in [5, 5.41) is 3.70. The van der Waals surface area contributed by atoms with Gasteiger partial charge >= 0.3 is 0 Å². The second kappa shape index (κ2) is 4.63. The van der Waals surface area contributed by atoms with Gasteiger partial charge in [0.2, 0.25) is 0 Å². The van der Waals surface area contributed by atoms with Crippen LogP contribution in [0.25, 0.3) is 0 Å². The molecule has 2 nitrogen and oxygen atoms in total. The molecule has 2 heteroatoms. The molecule has 2 fully saturated rings. The molecular weight excluding hydrogens is 174 g/mol. The van der Waals surface area contributed by atoms with Crippen molar-refractivity contribution in [2.45, 2.75) is 51.7 Å². The topological polar surface area (TPSA) is 21.3 Å². The van der Waals surface area contributed by atoms with Crippen molar-refractivity contribution in [3.05, 3.63) is 0 Å². The smallest absolute Gasteiger partial charge is 0.0588 e. The molecule has 0 amide bonds. The Morgan fingerprint density at radius 1 is 1.21 bits per heavy atom. The fourth-order valence-corrected chi connectivity index (χ4v) is 2.75. The molecule has 2 rings (SSSR count). The van der Waals surface area contributed by atoms with Gasteiger partial charge < -0.3 is 10.1 Å². The second-order valence-electron chi connectivity index (χ2n) is 5.15. The Bertz CT molecular complexity index is 183. The molecule has 82 valence electrons. The first-order chi connectivity index (χ1) is 6.75. The van der Waals surface area contributed by atoms with Gasteiger partial charge in [0.1, 0.15) is 0 Å². The maximum atomic E-state index is 5.56. The zero-order valence-electron chi connectivity index (χ0n) is 9.46. The minimum atomic E-state index is 0.473. The molecule has 0 spiro atoms. The lowest BCUT2D eigenvalue weighted by Gasteiger charge is -2.18. The van der Waals surface area contributed by atoms with Gasteiger partial charge in [0.25, 0.3) is 0 Å². The first-order valence-electron chi connectivity index (χ1n) is 6.10. The zero-order valence-corrected chi connectivity index (χ0v) is 9.46. The van der Waals surface area contributed by atoms with E-state index in [1.165, 1.54) is 32.2 Å². The maximum absolute atomic E-state index is 5.56. The van der Waals surface area contributed by atoms with E-state index in [0.717, 1.165) is 24.5 Å². The highest BCUT2D eigenvalue weighted by Gasteiger charge is 2.26. The number of hydrogen-bond acceptors (Lipinski definition) is 2. The van der Waals surface area contributed by atoms with Gasteiger partial charge in [0, 0.05) is 19.2 Å². The fraction of sp³-hybridized carbons (Fsp3) is 1.00. The first-order valence-corrected chi connectivity index (χ1v) is 6.10. The molecule has 1 aliphatic heterocycles.